The van der Waals surface area contributed by atoms with Gasteiger partial charge in [0.25, 0.3) is 5.24 Å². The number of fused-ring (bicyclic) bond motifs is 1. The number of benzene rings is 2. The van der Waals surface area contributed by atoms with Gasteiger partial charge in [0.2, 0.25) is 11.8 Å². The molecule has 3 amide bonds. The molecule has 144 valence electrons. The van der Waals surface area contributed by atoms with E-state index in [1.54, 1.807) is 12.1 Å². The summed E-state index contributed by atoms with van der Waals surface area (Å²) < 4.78 is 0. The first-order chi connectivity index (χ1) is 13.6. The Balaban J connectivity index is 1.34. The van der Waals surface area contributed by atoms with Crippen LogP contribution in [0.4, 0.5) is 10.5 Å². The molecule has 0 aromatic heterocycles. The molecule has 1 aliphatic heterocycles. The molecule has 2 aromatic carbocycles. The lowest BCUT2D eigenvalue weighted by Gasteiger charge is -2.16. The number of aryl methyl sites for hydroxylation is 2. The molecule has 2 aromatic rings. The normalized spacial score (nSPS) is 16.2. The van der Waals surface area contributed by atoms with Crippen LogP contribution < -0.4 is 5.32 Å². The van der Waals surface area contributed by atoms with Crippen LogP contribution in [0.2, 0.25) is 0 Å². The van der Waals surface area contributed by atoms with E-state index in [1.165, 1.54) is 28.9 Å². The maximum absolute atomic E-state index is 12.4. The summed E-state index contributed by atoms with van der Waals surface area (Å²) in [4.78, 5) is 37.0. The second-order valence-electron chi connectivity index (χ2n) is 7.27. The van der Waals surface area contributed by atoms with E-state index in [4.69, 9.17) is 0 Å². The Morgan fingerprint density at radius 3 is 2.39 bits per heavy atom. The third kappa shape index (κ3) is 4.28. The third-order valence-corrected chi connectivity index (χ3v) is 6.06. The van der Waals surface area contributed by atoms with Crippen molar-refractivity contribution in [3.05, 3.63) is 64.7 Å². The number of imide groups is 1. The number of nitrogens with one attached hydrogen (secondary N) is 1. The fourth-order valence-electron chi connectivity index (χ4n) is 3.70. The zero-order valence-electron chi connectivity index (χ0n) is 15.6. The number of carbonyl (C=O) groups is 3. The summed E-state index contributed by atoms with van der Waals surface area (Å²) in [5, 5.41) is 2.72. The molecule has 0 bridgehead atoms. The van der Waals surface area contributed by atoms with Crippen molar-refractivity contribution in [1.82, 2.24) is 4.90 Å². The summed E-state index contributed by atoms with van der Waals surface area (Å²) in [5.74, 6) is 0.0117. The SMILES string of the molecule is O=C(Cc1ccc2c(c1)CCCC2)Nc1ccc(CN2C(=O)CSC2=O)cc1. The molecule has 5 nitrogen and oxygen atoms in total. The molecule has 4 rings (SSSR count). The zero-order chi connectivity index (χ0) is 19.5. The van der Waals surface area contributed by atoms with Gasteiger partial charge in [-0.2, -0.15) is 0 Å². The fraction of sp³-hybridized carbons (Fsp3) is 0.318. The number of rotatable bonds is 5. The lowest BCUT2D eigenvalue weighted by atomic mass is 9.90. The van der Waals surface area contributed by atoms with Gasteiger partial charge in [-0.15, -0.1) is 0 Å². The third-order valence-electron chi connectivity index (χ3n) is 5.20. The summed E-state index contributed by atoms with van der Waals surface area (Å²) in [6, 6.07) is 13.6. The van der Waals surface area contributed by atoms with Gasteiger partial charge in [0.05, 0.1) is 18.7 Å². The summed E-state index contributed by atoms with van der Waals surface area (Å²) in [6.07, 6.45) is 5.07. The minimum atomic E-state index is -0.201. The van der Waals surface area contributed by atoms with Crippen molar-refractivity contribution in [3.63, 3.8) is 0 Å². The smallest absolute Gasteiger partial charge is 0.289 e. The lowest BCUT2D eigenvalue weighted by Crippen LogP contribution is -2.27. The van der Waals surface area contributed by atoms with Crippen molar-refractivity contribution in [2.24, 2.45) is 0 Å². The first-order valence-electron chi connectivity index (χ1n) is 9.55. The number of carbonyl (C=O) groups excluding carboxylic acids is 3. The lowest BCUT2D eigenvalue weighted by molar-refractivity contribution is -0.125. The molecule has 0 spiro atoms. The van der Waals surface area contributed by atoms with Crippen LogP contribution in [0.15, 0.2) is 42.5 Å². The number of thioether (sulfide) groups is 1. The highest BCUT2D eigenvalue weighted by atomic mass is 32.2. The summed E-state index contributed by atoms with van der Waals surface area (Å²) in [5.41, 5.74) is 5.40. The van der Waals surface area contributed by atoms with Gasteiger partial charge in [0.15, 0.2) is 0 Å². The van der Waals surface area contributed by atoms with Gasteiger partial charge in [-0.1, -0.05) is 42.1 Å². The highest BCUT2D eigenvalue weighted by Crippen LogP contribution is 2.23. The first-order valence-corrected chi connectivity index (χ1v) is 10.5. The first kappa shape index (κ1) is 18.7. The van der Waals surface area contributed by atoms with Gasteiger partial charge < -0.3 is 5.32 Å². The molecule has 1 heterocycles. The highest BCUT2D eigenvalue weighted by molar-refractivity contribution is 8.14. The van der Waals surface area contributed by atoms with E-state index < -0.39 is 0 Å². The molecule has 1 N–H and O–H groups in total. The van der Waals surface area contributed by atoms with Crippen molar-refractivity contribution >= 4 is 34.5 Å². The summed E-state index contributed by atoms with van der Waals surface area (Å²) in [7, 11) is 0. The van der Waals surface area contributed by atoms with Crippen LogP contribution in [-0.4, -0.2) is 27.7 Å². The Bertz CT molecular complexity index is 908. The van der Waals surface area contributed by atoms with E-state index in [2.05, 4.69) is 23.5 Å². The maximum Gasteiger partial charge on any atom is 0.289 e. The van der Waals surface area contributed by atoms with Crippen LogP contribution in [0.3, 0.4) is 0 Å². The number of nitrogens with zero attached hydrogens (tertiary/aromatic N) is 1. The minimum absolute atomic E-state index is 0.0511. The molecular formula is C22H22N2O3S. The van der Waals surface area contributed by atoms with Crippen LogP contribution in [0.5, 0.6) is 0 Å². The Labute approximate surface area is 168 Å². The molecule has 0 unspecified atom stereocenters. The second-order valence-corrected chi connectivity index (χ2v) is 8.19. The van der Waals surface area contributed by atoms with Gasteiger partial charge in [0.1, 0.15) is 0 Å². The van der Waals surface area contributed by atoms with Crippen LogP contribution in [0.25, 0.3) is 0 Å². The summed E-state index contributed by atoms with van der Waals surface area (Å²) in [6.45, 7) is 0.272. The van der Waals surface area contributed by atoms with E-state index in [0.29, 0.717) is 12.1 Å². The average molecular weight is 394 g/mol. The predicted octanol–water partition coefficient (Wildman–Crippen LogP) is 3.94. The van der Waals surface area contributed by atoms with Crippen molar-refractivity contribution in [1.29, 1.82) is 0 Å². The molecule has 6 heteroatoms. The predicted molar refractivity (Wildman–Crippen MR) is 110 cm³/mol. The van der Waals surface area contributed by atoms with Crippen molar-refractivity contribution in [2.75, 3.05) is 11.1 Å². The Hall–Kier alpha value is -2.60. The molecule has 2 aliphatic rings. The standard InChI is InChI=1S/C22H22N2O3S/c25-20(12-16-5-8-17-3-1-2-4-18(17)11-16)23-19-9-6-15(7-10-19)13-24-21(26)14-28-22(24)27/h5-11H,1-4,12-14H2,(H,23,25). The Morgan fingerprint density at radius 1 is 0.964 bits per heavy atom. The number of hydrogen-bond donors (Lipinski definition) is 1. The van der Waals surface area contributed by atoms with Crippen molar-refractivity contribution in [3.8, 4) is 0 Å². The van der Waals surface area contributed by atoms with E-state index in [0.717, 1.165) is 35.7 Å². The van der Waals surface area contributed by atoms with Gasteiger partial charge in [-0.3, -0.25) is 19.3 Å². The topological polar surface area (TPSA) is 66.5 Å². The largest absolute Gasteiger partial charge is 0.326 e. The average Bonchev–Trinajstić information content (AvgIpc) is 3.01. The van der Waals surface area contributed by atoms with Crippen LogP contribution >= 0.6 is 11.8 Å². The number of amides is 3. The van der Waals surface area contributed by atoms with Crippen LogP contribution in [0.1, 0.15) is 35.1 Å². The molecule has 1 aliphatic carbocycles. The van der Waals surface area contributed by atoms with E-state index in [-0.39, 0.29) is 29.4 Å². The van der Waals surface area contributed by atoms with E-state index >= 15 is 0 Å². The molecule has 28 heavy (non-hydrogen) atoms. The monoisotopic (exact) mass is 394 g/mol. The molecule has 1 saturated heterocycles. The van der Waals surface area contributed by atoms with Crippen LogP contribution in [-0.2, 0) is 35.4 Å². The molecule has 1 fully saturated rings. The molecule has 0 saturated carbocycles. The van der Waals surface area contributed by atoms with Gasteiger partial charge in [-0.25, -0.2) is 0 Å². The van der Waals surface area contributed by atoms with Crippen molar-refractivity contribution < 1.29 is 14.4 Å². The Morgan fingerprint density at radius 2 is 1.68 bits per heavy atom. The molecule has 0 atom stereocenters. The second kappa shape index (κ2) is 8.19. The van der Waals surface area contributed by atoms with Gasteiger partial charge in [0, 0.05) is 5.69 Å². The van der Waals surface area contributed by atoms with Gasteiger partial charge >= 0.3 is 0 Å². The van der Waals surface area contributed by atoms with E-state index in [1.807, 2.05) is 12.1 Å². The van der Waals surface area contributed by atoms with Gasteiger partial charge in [-0.05, 0) is 60.1 Å². The Kier molecular flexibility index (Phi) is 5.48. The molecule has 0 radical (unpaired) electrons. The number of anilines is 1. The minimum Gasteiger partial charge on any atom is -0.326 e. The zero-order valence-corrected chi connectivity index (χ0v) is 16.4. The summed E-state index contributed by atoms with van der Waals surface area (Å²) >= 11 is 1.03. The van der Waals surface area contributed by atoms with Crippen molar-refractivity contribution in [2.45, 2.75) is 38.6 Å². The maximum atomic E-state index is 12.4. The highest BCUT2D eigenvalue weighted by Gasteiger charge is 2.29. The molecular weight excluding hydrogens is 372 g/mol. The van der Waals surface area contributed by atoms with E-state index in [9.17, 15) is 14.4 Å². The fourth-order valence-corrected chi connectivity index (χ4v) is 4.42. The van der Waals surface area contributed by atoms with Crippen LogP contribution in [0, 0.1) is 0 Å². The number of hydrogen-bond acceptors (Lipinski definition) is 4. The quantitative estimate of drug-likeness (QED) is 0.834.